The van der Waals surface area contributed by atoms with Crippen molar-refractivity contribution in [2.45, 2.75) is 12.8 Å². The molecule has 1 aromatic carbocycles. The summed E-state index contributed by atoms with van der Waals surface area (Å²) in [6.07, 6.45) is 2.76. The van der Waals surface area contributed by atoms with E-state index < -0.39 is 0 Å². The summed E-state index contributed by atoms with van der Waals surface area (Å²) in [5.41, 5.74) is 0.766. The van der Waals surface area contributed by atoms with E-state index in [-0.39, 0.29) is 12.3 Å². The zero-order valence-corrected chi connectivity index (χ0v) is 12.9. The molecule has 0 atom stereocenters. The summed E-state index contributed by atoms with van der Waals surface area (Å²) in [4.78, 5) is 12.1. The van der Waals surface area contributed by atoms with Crippen molar-refractivity contribution in [3.05, 3.63) is 35.0 Å². The molecular formula is C15H16ClN3O3. The van der Waals surface area contributed by atoms with Crippen molar-refractivity contribution in [1.82, 2.24) is 9.78 Å². The summed E-state index contributed by atoms with van der Waals surface area (Å²) >= 11 is 6.21. The third-order valence-electron chi connectivity index (χ3n) is 3.21. The molecule has 2 aromatic rings. The van der Waals surface area contributed by atoms with Gasteiger partial charge in [-0.15, -0.1) is 0 Å². The van der Waals surface area contributed by atoms with Gasteiger partial charge in [-0.05, 0) is 17.7 Å². The Morgan fingerprint density at radius 2 is 2.23 bits per heavy atom. The van der Waals surface area contributed by atoms with Crippen LogP contribution < -0.4 is 14.8 Å². The maximum atomic E-state index is 12.1. The first-order valence-electron chi connectivity index (χ1n) is 6.99. The number of anilines is 1. The first kappa shape index (κ1) is 14.7. The smallest absolute Gasteiger partial charge is 0.229 e. The maximum Gasteiger partial charge on any atom is 0.229 e. The Bertz CT molecular complexity index is 699. The van der Waals surface area contributed by atoms with Crippen molar-refractivity contribution in [2.24, 2.45) is 7.05 Å². The van der Waals surface area contributed by atoms with E-state index in [0.29, 0.717) is 35.6 Å². The lowest BCUT2D eigenvalue weighted by atomic mass is 10.1. The zero-order valence-electron chi connectivity index (χ0n) is 12.1. The number of hydrogen-bond donors (Lipinski definition) is 1. The highest BCUT2D eigenvalue weighted by Crippen LogP contribution is 2.38. The van der Waals surface area contributed by atoms with Gasteiger partial charge in [-0.25, -0.2) is 0 Å². The molecule has 1 aliphatic heterocycles. The molecule has 6 nitrogen and oxygen atoms in total. The van der Waals surface area contributed by atoms with Gasteiger partial charge in [-0.2, -0.15) is 5.10 Å². The van der Waals surface area contributed by atoms with Crippen molar-refractivity contribution in [2.75, 3.05) is 18.5 Å². The fourth-order valence-corrected chi connectivity index (χ4v) is 2.53. The van der Waals surface area contributed by atoms with Crippen LogP contribution in [0.4, 0.5) is 5.82 Å². The Kier molecular flexibility index (Phi) is 4.20. The first-order valence-corrected chi connectivity index (χ1v) is 7.37. The van der Waals surface area contributed by atoms with Crippen LogP contribution in [0.25, 0.3) is 0 Å². The Morgan fingerprint density at radius 3 is 3.00 bits per heavy atom. The van der Waals surface area contributed by atoms with E-state index in [0.717, 1.165) is 12.0 Å². The van der Waals surface area contributed by atoms with E-state index in [1.165, 1.54) is 0 Å². The lowest BCUT2D eigenvalue weighted by Gasteiger charge is -2.11. The minimum Gasteiger partial charge on any atom is -0.489 e. The normalized spacial score (nSPS) is 13.5. The highest BCUT2D eigenvalue weighted by Gasteiger charge is 2.17. The van der Waals surface area contributed by atoms with Gasteiger partial charge in [-0.1, -0.05) is 11.6 Å². The molecule has 2 heterocycles. The maximum absolute atomic E-state index is 12.1. The summed E-state index contributed by atoms with van der Waals surface area (Å²) in [5, 5.41) is 7.30. The number of benzene rings is 1. The number of rotatable bonds is 3. The molecule has 22 heavy (non-hydrogen) atoms. The number of fused-ring (bicyclic) bond motifs is 1. The lowest BCUT2D eigenvalue weighted by Crippen LogP contribution is -2.15. The number of aryl methyl sites for hydroxylation is 1. The van der Waals surface area contributed by atoms with Gasteiger partial charge in [0, 0.05) is 25.7 Å². The molecule has 3 rings (SSSR count). The Morgan fingerprint density at radius 1 is 1.41 bits per heavy atom. The number of nitrogens with zero attached hydrogens (tertiary/aromatic N) is 2. The quantitative estimate of drug-likeness (QED) is 0.943. The topological polar surface area (TPSA) is 65.4 Å². The molecule has 0 saturated carbocycles. The highest BCUT2D eigenvalue weighted by molar-refractivity contribution is 6.32. The van der Waals surface area contributed by atoms with E-state index in [4.69, 9.17) is 21.1 Å². The van der Waals surface area contributed by atoms with Crippen LogP contribution in [0.1, 0.15) is 12.0 Å². The van der Waals surface area contributed by atoms with Gasteiger partial charge in [0.25, 0.3) is 0 Å². The molecule has 0 bridgehead atoms. The molecule has 116 valence electrons. The van der Waals surface area contributed by atoms with E-state index in [9.17, 15) is 4.79 Å². The average Bonchev–Trinajstić information content (AvgIpc) is 2.72. The van der Waals surface area contributed by atoms with Gasteiger partial charge in [0.1, 0.15) is 0 Å². The van der Waals surface area contributed by atoms with Crippen LogP contribution in [0.3, 0.4) is 0 Å². The van der Waals surface area contributed by atoms with Crippen LogP contribution in [-0.2, 0) is 18.3 Å². The molecule has 0 unspecified atom stereocenters. The fourth-order valence-electron chi connectivity index (χ4n) is 2.24. The number of amides is 1. The fraction of sp³-hybridized carbons (Fsp3) is 0.333. The summed E-state index contributed by atoms with van der Waals surface area (Å²) in [6.45, 7) is 1.15. The van der Waals surface area contributed by atoms with Gasteiger partial charge >= 0.3 is 0 Å². The van der Waals surface area contributed by atoms with Gasteiger partial charge in [0.15, 0.2) is 17.3 Å². The van der Waals surface area contributed by atoms with E-state index in [1.54, 1.807) is 36.1 Å². The Labute approximate surface area is 133 Å². The Balaban J connectivity index is 1.73. The molecule has 0 saturated heterocycles. The summed E-state index contributed by atoms with van der Waals surface area (Å²) in [5.74, 6) is 1.50. The summed E-state index contributed by atoms with van der Waals surface area (Å²) in [6, 6.07) is 5.26. The number of nitrogens with one attached hydrogen (secondary N) is 1. The summed E-state index contributed by atoms with van der Waals surface area (Å²) < 4.78 is 12.8. The molecule has 0 fully saturated rings. The van der Waals surface area contributed by atoms with E-state index in [1.807, 2.05) is 0 Å². The summed E-state index contributed by atoms with van der Waals surface area (Å²) in [7, 11) is 1.79. The Hall–Kier alpha value is -2.21. The number of carbonyl (C=O) groups is 1. The van der Waals surface area contributed by atoms with Crippen molar-refractivity contribution in [1.29, 1.82) is 0 Å². The average molecular weight is 322 g/mol. The number of halogens is 1. The minimum absolute atomic E-state index is 0.163. The second kappa shape index (κ2) is 6.27. The van der Waals surface area contributed by atoms with Gasteiger partial charge in [-0.3, -0.25) is 9.48 Å². The molecule has 0 aliphatic carbocycles. The van der Waals surface area contributed by atoms with Crippen molar-refractivity contribution in [3.8, 4) is 11.5 Å². The molecule has 1 aliphatic rings. The number of carbonyl (C=O) groups excluding carboxylic acids is 1. The van der Waals surface area contributed by atoms with Crippen LogP contribution in [0.15, 0.2) is 24.4 Å². The number of hydrogen-bond acceptors (Lipinski definition) is 4. The molecule has 0 spiro atoms. The molecular weight excluding hydrogens is 306 g/mol. The SMILES string of the molecule is Cn1ccc(NC(=O)Cc2cc(Cl)c3c(c2)OCCCO3)n1. The number of aromatic nitrogens is 2. The second-order valence-corrected chi connectivity index (χ2v) is 5.46. The zero-order chi connectivity index (χ0) is 15.5. The van der Waals surface area contributed by atoms with Gasteiger partial charge in [0.2, 0.25) is 5.91 Å². The standard InChI is InChI=1S/C15H16ClN3O3/c1-19-4-3-13(18-19)17-14(20)9-10-7-11(16)15-12(8-10)21-5-2-6-22-15/h3-4,7-8H,2,5-6,9H2,1H3,(H,17,18,20). The molecule has 1 amide bonds. The third-order valence-corrected chi connectivity index (χ3v) is 3.49. The monoisotopic (exact) mass is 321 g/mol. The molecule has 1 N–H and O–H groups in total. The largest absolute Gasteiger partial charge is 0.489 e. The molecule has 0 radical (unpaired) electrons. The van der Waals surface area contributed by atoms with Crippen molar-refractivity contribution < 1.29 is 14.3 Å². The predicted octanol–water partition coefficient (Wildman–Crippen LogP) is 2.42. The predicted molar refractivity (Wildman–Crippen MR) is 82.6 cm³/mol. The first-order chi connectivity index (χ1) is 10.6. The van der Waals surface area contributed by atoms with Crippen LogP contribution in [0.2, 0.25) is 5.02 Å². The van der Waals surface area contributed by atoms with Crippen molar-refractivity contribution in [3.63, 3.8) is 0 Å². The van der Waals surface area contributed by atoms with Gasteiger partial charge < -0.3 is 14.8 Å². The van der Waals surface area contributed by atoms with Crippen molar-refractivity contribution >= 4 is 23.3 Å². The van der Waals surface area contributed by atoms with E-state index in [2.05, 4.69) is 10.4 Å². The number of ether oxygens (including phenoxy) is 2. The minimum atomic E-state index is -0.163. The van der Waals surface area contributed by atoms with Crippen LogP contribution in [0, 0.1) is 0 Å². The van der Waals surface area contributed by atoms with Crippen LogP contribution in [-0.4, -0.2) is 28.9 Å². The second-order valence-electron chi connectivity index (χ2n) is 5.05. The molecule has 7 heteroatoms. The van der Waals surface area contributed by atoms with Gasteiger partial charge in [0.05, 0.1) is 24.7 Å². The molecule has 1 aromatic heterocycles. The third kappa shape index (κ3) is 3.33. The van der Waals surface area contributed by atoms with E-state index >= 15 is 0 Å². The highest BCUT2D eigenvalue weighted by atomic mass is 35.5. The van der Waals surface area contributed by atoms with Crippen LogP contribution >= 0.6 is 11.6 Å². The lowest BCUT2D eigenvalue weighted by molar-refractivity contribution is -0.115. The van der Waals surface area contributed by atoms with Crippen LogP contribution in [0.5, 0.6) is 11.5 Å².